The highest BCUT2D eigenvalue weighted by Gasteiger charge is 2.19. The third kappa shape index (κ3) is 3.69. The first-order valence-electron chi connectivity index (χ1n) is 8.05. The van der Waals surface area contributed by atoms with E-state index in [1.54, 1.807) is 36.5 Å². The molecule has 122 valence electrons. The van der Waals surface area contributed by atoms with Crippen molar-refractivity contribution in [3.63, 3.8) is 0 Å². The second-order valence-corrected chi connectivity index (χ2v) is 6.05. The van der Waals surface area contributed by atoms with Gasteiger partial charge in [-0.15, -0.1) is 0 Å². The largest absolute Gasteiger partial charge is 0.341 e. The molecular weight excluding hydrogens is 302 g/mol. The topological polar surface area (TPSA) is 81.9 Å². The quantitative estimate of drug-likeness (QED) is 0.940. The fourth-order valence-electron chi connectivity index (χ4n) is 2.66. The van der Waals surface area contributed by atoms with E-state index in [9.17, 15) is 4.79 Å². The van der Waals surface area contributed by atoms with E-state index in [0.29, 0.717) is 22.9 Å². The van der Waals surface area contributed by atoms with Crippen LogP contribution in [-0.4, -0.2) is 29.0 Å². The number of hydrogen-bond donors (Lipinski definition) is 1. The van der Waals surface area contributed by atoms with Crippen LogP contribution in [0.1, 0.15) is 35.8 Å². The van der Waals surface area contributed by atoms with Gasteiger partial charge in [0, 0.05) is 25.0 Å². The number of hydrogen-bond acceptors (Lipinski definition) is 5. The Morgan fingerprint density at radius 2 is 1.96 bits per heavy atom. The number of carbonyl (C=O) groups is 1. The summed E-state index contributed by atoms with van der Waals surface area (Å²) in [6.45, 7) is 4.09. The normalized spacial score (nSPS) is 14.9. The van der Waals surface area contributed by atoms with Crippen LogP contribution < -0.4 is 10.2 Å². The zero-order chi connectivity index (χ0) is 16.9. The number of nitriles is 1. The van der Waals surface area contributed by atoms with Gasteiger partial charge in [0.2, 0.25) is 5.95 Å². The van der Waals surface area contributed by atoms with Gasteiger partial charge in [-0.2, -0.15) is 5.26 Å². The van der Waals surface area contributed by atoms with Gasteiger partial charge in [0.1, 0.15) is 5.69 Å². The highest BCUT2D eigenvalue weighted by molar-refractivity contribution is 6.02. The van der Waals surface area contributed by atoms with Crippen LogP contribution in [0.4, 0.5) is 11.6 Å². The molecule has 0 spiro atoms. The van der Waals surface area contributed by atoms with E-state index in [4.69, 9.17) is 5.26 Å². The molecule has 0 radical (unpaired) electrons. The molecule has 0 atom stereocenters. The average molecular weight is 321 g/mol. The Balaban J connectivity index is 1.70. The Morgan fingerprint density at radius 1 is 1.25 bits per heavy atom. The molecular formula is C18H19N5O. The summed E-state index contributed by atoms with van der Waals surface area (Å²) >= 11 is 0. The molecule has 0 unspecified atom stereocenters. The van der Waals surface area contributed by atoms with Crippen LogP contribution in [0.25, 0.3) is 0 Å². The SMILES string of the molecule is CC1CCN(c2nccc(C(=O)Nc3ccc(C#N)cc3)n2)CC1. The first kappa shape index (κ1) is 15.9. The Hall–Kier alpha value is -2.94. The van der Waals surface area contributed by atoms with Gasteiger partial charge < -0.3 is 10.2 Å². The van der Waals surface area contributed by atoms with Gasteiger partial charge in [-0.3, -0.25) is 4.79 Å². The van der Waals surface area contributed by atoms with Gasteiger partial charge in [0.25, 0.3) is 5.91 Å². The van der Waals surface area contributed by atoms with Crippen LogP contribution in [0.2, 0.25) is 0 Å². The van der Waals surface area contributed by atoms with Gasteiger partial charge >= 0.3 is 0 Å². The number of aromatic nitrogens is 2. The van der Waals surface area contributed by atoms with Crippen LogP contribution in [0.5, 0.6) is 0 Å². The highest BCUT2D eigenvalue weighted by atomic mass is 16.1. The van der Waals surface area contributed by atoms with Crippen molar-refractivity contribution < 1.29 is 4.79 Å². The highest BCUT2D eigenvalue weighted by Crippen LogP contribution is 2.20. The monoisotopic (exact) mass is 321 g/mol. The fourth-order valence-corrected chi connectivity index (χ4v) is 2.66. The molecule has 1 aromatic carbocycles. The summed E-state index contributed by atoms with van der Waals surface area (Å²) in [7, 11) is 0. The van der Waals surface area contributed by atoms with Gasteiger partial charge in [-0.25, -0.2) is 9.97 Å². The average Bonchev–Trinajstić information content (AvgIpc) is 2.63. The Labute approximate surface area is 141 Å². The molecule has 6 heteroatoms. The van der Waals surface area contributed by atoms with Crippen molar-refractivity contribution in [2.75, 3.05) is 23.3 Å². The second-order valence-electron chi connectivity index (χ2n) is 6.05. The molecule has 1 aliphatic heterocycles. The lowest BCUT2D eigenvalue weighted by atomic mass is 10.00. The van der Waals surface area contributed by atoms with Crippen LogP contribution in [0.15, 0.2) is 36.5 Å². The Kier molecular flexibility index (Phi) is 4.71. The number of anilines is 2. The van der Waals surface area contributed by atoms with Crippen LogP contribution in [-0.2, 0) is 0 Å². The number of amides is 1. The summed E-state index contributed by atoms with van der Waals surface area (Å²) in [5.74, 6) is 1.05. The lowest BCUT2D eigenvalue weighted by molar-refractivity contribution is 0.102. The molecule has 6 nitrogen and oxygen atoms in total. The minimum atomic E-state index is -0.284. The lowest BCUT2D eigenvalue weighted by Gasteiger charge is -2.30. The van der Waals surface area contributed by atoms with E-state index in [1.165, 1.54) is 0 Å². The zero-order valence-corrected chi connectivity index (χ0v) is 13.6. The van der Waals surface area contributed by atoms with Crippen molar-refractivity contribution in [2.45, 2.75) is 19.8 Å². The molecule has 24 heavy (non-hydrogen) atoms. The summed E-state index contributed by atoms with van der Waals surface area (Å²) in [6, 6.07) is 10.4. The van der Waals surface area contributed by atoms with E-state index in [-0.39, 0.29) is 5.91 Å². The molecule has 3 rings (SSSR count). The first-order chi connectivity index (χ1) is 11.7. The third-order valence-corrected chi connectivity index (χ3v) is 4.21. The summed E-state index contributed by atoms with van der Waals surface area (Å²) in [5.41, 5.74) is 1.52. The van der Waals surface area contributed by atoms with Gasteiger partial charge in [-0.1, -0.05) is 6.92 Å². The molecule has 1 amide bonds. The lowest BCUT2D eigenvalue weighted by Crippen LogP contribution is -2.34. The molecule has 0 saturated carbocycles. The Bertz CT molecular complexity index is 758. The first-order valence-corrected chi connectivity index (χ1v) is 8.05. The van der Waals surface area contributed by atoms with Crippen LogP contribution in [0, 0.1) is 17.2 Å². The zero-order valence-electron chi connectivity index (χ0n) is 13.6. The minimum absolute atomic E-state index is 0.284. The summed E-state index contributed by atoms with van der Waals surface area (Å²) in [6.07, 6.45) is 3.85. The summed E-state index contributed by atoms with van der Waals surface area (Å²) in [5, 5.41) is 11.6. The van der Waals surface area contributed by atoms with E-state index < -0.39 is 0 Å². The number of benzene rings is 1. The van der Waals surface area contributed by atoms with Crippen LogP contribution in [0.3, 0.4) is 0 Å². The smallest absolute Gasteiger partial charge is 0.274 e. The molecule has 1 N–H and O–H groups in total. The fraction of sp³-hybridized carbons (Fsp3) is 0.333. The van der Waals surface area contributed by atoms with Crippen molar-refractivity contribution in [1.82, 2.24) is 9.97 Å². The molecule has 2 heterocycles. The van der Waals surface area contributed by atoms with Crippen molar-refractivity contribution in [2.24, 2.45) is 5.92 Å². The molecule has 2 aromatic rings. The summed E-state index contributed by atoms with van der Waals surface area (Å²) in [4.78, 5) is 23.2. The number of carbonyl (C=O) groups excluding carboxylic acids is 1. The molecule has 1 aliphatic rings. The van der Waals surface area contributed by atoms with Crippen molar-refractivity contribution in [1.29, 1.82) is 5.26 Å². The predicted octanol–water partition coefficient (Wildman–Crippen LogP) is 2.84. The molecule has 1 aromatic heterocycles. The van der Waals surface area contributed by atoms with E-state index in [1.807, 2.05) is 6.07 Å². The number of nitrogens with one attached hydrogen (secondary N) is 1. The Morgan fingerprint density at radius 3 is 2.62 bits per heavy atom. The number of piperidine rings is 1. The van der Waals surface area contributed by atoms with Gasteiger partial charge in [-0.05, 0) is 49.1 Å². The molecule has 0 aliphatic carbocycles. The maximum Gasteiger partial charge on any atom is 0.274 e. The molecule has 1 saturated heterocycles. The van der Waals surface area contributed by atoms with Crippen molar-refractivity contribution >= 4 is 17.5 Å². The van der Waals surface area contributed by atoms with Crippen LogP contribution >= 0.6 is 0 Å². The van der Waals surface area contributed by atoms with E-state index in [0.717, 1.165) is 31.8 Å². The van der Waals surface area contributed by atoms with Crippen molar-refractivity contribution in [3.05, 3.63) is 47.8 Å². The minimum Gasteiger partial charge on any atom is -0.341 e. The van der Waals surface area contributed by atoms with E-state index >= 15 is 0 Å². The standard InChI is InChI=1S/C18H19N5O/c1-13-7-10-23(11-8-13)18-20-9-6-16(22-18)17(24)21-15-4-2-14(12-19)3-5-15/h2-6,9,13H,7-8,10-11H2,1H3,(H,21,24). The molecule has 0 bridgehead atoms. The summed E-state index contributed by atoms with van der Waals surface area (Å²) < 4.78 is 0. The van der Waals surface area contributed by atoms with Gasteiger partial charge in [0.15, 0.2) is 0 Å². The van der Waals surface area contributed by atoms with Gasteiger partial charge in [0.05, 0.1) is 11.6 Å². The van der Waals surface area contributed by atoms with E-state index in [2.05, 4.69) is 27.1 Å². The third-order valence-electron chi connectivity index (χ3n) is 4.21. The number of rotatable bonds is 3. The maximum absolute atomic E-state index is 12.4. The predicted molar refractivity (Wildman–Crippen MR) is 91.8 cm³/mol. The maximum atomic E-state index is 12.4. The van der Waals surface area contributed by atoms with Crippen molar-refractivity contribution in [3.8, 4) is 6.07 Å². The second kappa shape index (κ2) is 7.09. The molecule has 1 fully saturated rings. The number of nitrogens with zero attached hydrogens (tertiary/aromatic N) is 4.